The van der Waals surface area contributed by atoms with E-state index in [4.69, 9.17) is 5.73 Å². The van der Waals surface area contributed by atoms with Crippen molar-refractivity contribution in [1.29, 1.82) is 0 Å². The SMILES string of the molecule is CC(C)C(=O)c1sc(N2CCC(N(C)C)CC2)cc1N. The summed E-state index contributed by atoms with van der Waals surface area (Å²) in [6.07, 6.45) is 2.33. The van der Waals surface area contributed by atoms with Crippen molar-refractivity contribution in [3.05, 3.63) is 10.9 Å². The molecule has 2 N–H and O–H groups in total. The Labute approximate surface area is 125 Å². The lowest BCUT2D eigenvalue weighted by atomic mass is 10.0. The largest absolute Gasteiger partial charge is 0.397 e. The van der Waals surface area contributed by atoms with Crippen LogP contribution >= 0.6 is 11.3 Å². The molecule has 1 aliphatic heterocycles. The Hall–Kier alpha value is -1.07. The number of thiophene rings is 1. The van der Waals surface area contributed by atoms with Crippen molar-refractivity contribution in [3.63, 3.8) is 0 Å². The van der Waals surface area contributed by atoms with Crippen molar-refractivity contribution in [1.82, 2.24) is 4.90 Å². The number of nitrogen functional groups attached to an aromatic ring is 1. The van der Waals surface area contributed by atoms with Crippen LogP contribution in [0.5, 0.6) is 0 Å². The van der Waals surface area contributed by atoms with Crippen LogP contribution in [0.15, 0.2) is 6.07 Å². The lowest BCUT2D eigenvalue weighted by Gasteiger charge is -2.35. The van der Waals surface area contributed by atoms with E-state index in [-0.39, 0.29) is 11.7 Å². The quantitative estimate of drug-likeness (QED) is 0.868. The van der Waals surface area contributed by atoms with Gasteiger partial charge in [0.15, 0.2) is 5.78 Å². The molecule has 0 bridgehead atoms. The summed E-state index contributed by atoms with van der Waals surface area (Å²) in [5.74, 6) is 0.158. The van der Waals surface area contributed by atoms with Gasteiger partial charge in [-0.1, -0.05) is 13.8 Å². The molecule has 5 heteroatoms. The normalized spacial score (nSPS) is 17.2. The van der Waals surface area contributed by atoms with Gasteiger partial charge in [-0.3, -0.25) is 4.79 Å². The van der Waals surface area contributed by atoms with Crippen LogP contribution in [-0.4, -0.2) is 43.9 Å². The number of piperidine rings is 1. The van der Waals surface area contributed by atoms with Gasteiger partial charge in [0.25, 0.3) is 0 Å². The Morgan fingerprint density at radius 2 is 2.00 bits per heavy atom. The van der Waals surface area contributed by atoms with E-state index in [0.717, 1.165) is 35.8 Å². The summed E-state index contributed by atoms with van der Waals surface area (Å²) in [6.45, 7) is 5.92. The summed E-state index contributed by atoms with van der Waals surface area (Å²) >= 11 is 1.55. The third-order valence-electron chi connectivity index (χ3n) is 4.00. The molecule has 0 amide bonds. The maximum absolute atomic E-state index is 12.1. The molecular formula is C15H25N3OS. The second kappa shape index (κ2) is 6.14. The predicted molar refractivity (Wildman–Crippen MR) is 86.8 cm³/mol. The molecule has 112 valence electrons. The molecule has 1 aromatic heterocycles. The molecule has 0 spiro atoms. The summed E-state index contributed by atoms with van der Waals surface area (Å²) < 4.78 is 0. The first-order valence-corrected chi connectivity index (χ1v) is 8.06. The van der Waals surface area contributed by atoms with Gasteiger partial charge in [0.1, 0.15) is 0 Å². The molecule has 1 saturated heterocycles. The van der Waals surface area contributed by atoms with Crippen molar-refractivity contribution >= 4 is 27.8 Å². The first kappa shape index (κ1) is 15.3. The zero-order valence-corrected chi connectivity index (χ0v) is 13.7. The summed E-state index contributed by atoms with van der Waals surface area (Å²) in [4.78, 5) is 17.5. The minimum Gasteiger partial charge on any atom is -0.397 e. The molecule has 1 aromatic rings. The van der Waals surface area contributed by atoms with E-state index >= 15 is 0 Å². The molecule has 0 unspecified atom stereocenters. The van der Waals surface area contributed by atoms with E-state index in [1.165, 1.54) is 0 Å². The van der Waals surface area contributed by atoms with E-state index < -0.39 is 0 Å². The number of hydrogen-bond donors (Lipinski definition) is 1. The maximum Gasteiger partial charge on any atom is 0.177 e. The third-order valence-corrected chi connectivity index (χ3v) is 5.23. The highest BCUT2D eigenvalue weighted by atomic mass is 32.1. The van der Waals surface area contributed by atoms with Crippen LogP contribution in [0.4, 0.5) is 10.7 Å². The van der Waals surface area contributed by atoms with Crippen LogP contribution in [0.3, 0.4) is 0 Å². The smallest absolute Gasteiger partial charge is 0.177 e. The average molecular weight is 295 g/mol. The first-order chi connectivity index (χ1) is 9.40. The van der Waals surface area contributed by atoms with E-state index in [9.17, 15) is 4.79 Å². The summed E-state index contributed by atoms with van der Waals surface area (Å²) in [5.41, 5.74) is 6.65. The van der Waals surface area contributed by atoms with Gasteiger partial charge in [-0.2, -0.15) is 0 Å². The highest BCUT2D eigenvalue weighted by molar-refractivity contribution is 7.18. The lowest BCUT2D eigenvalue weighted by molar-refractivity contribution is 0.0944. The molecule has 0 aromatic carbocycles. The molecule has 1 aliphatic rings. The zero-order valence-electron chi connectivity index (χ0n) is 12.8. The fraction of sp³-hybridized carbons (Fsp3) is 0.667. The van der Waals surface area contributed by atoms with E-state index in [1.807, 2.05) is 19.9 Å². The number of ketones is 1. The van der Waals surface area contributed by atoms with E-state index in [0.29, 0.717) is 11.7 Å². The Morgan fingerprint density at radius 3 is 2.50 bits per heavy atom. The maximum atomic E-state index is 12.1. The fourth-order valence-electron chi connectivity index (χ4n) is 2.60. The monoisotopic (exact) mass is 295 g/mol. The van der Waals surface area contributed by atoms with Crippen molar-refractivity contribution in [2.24, 2.45) is 5.92 Å². The van der Waals surface area contributed by atoms with Gasteiger partial charge < -0.3 is 15.5 Å². The lowest BCUT2D eigenvalue weighted by Crippen LogP contribution is -2.41. The van der Waals surface area contributed by atoms with Gasteiger partial charge in [-0.25, -0.2) is 0 Å². The van der Waals surface area contributed by atoms with Crippen molar-refractivity contribution in [2.75, 3.05) is 37.8 Å². The minimum absolute atomic E-state index is 0.00303. The molecule has 20 heavy (non-hydrogen) atoms. The summed E-state index contributed by atoms with van der Waals surface area (Å²) in [5, 5.41) is 1.14. The molecule has 0 radical (unpaired) electrons. The van der Waals surface area contributed by atoms with E-state index in [2.05, 4.69) is 23.9 Å². The average Bonchev–Trinajstić information content (AvgIpc) is 2.80. The Balaban J connectivity index is 2.08. The number of nitrogens with zero attached hydrogens (tertiary/aromatic N) is 2. The number of rotatable bonds is 4. The van der Waals surface area contributed by atoms with Gasteiger partial charge in [-0.05, 0) is 33.0 Å². The second-order valence-corrected chi connectivity index (χ2v) is 7.10. The molecule has 1 fully saturated rings. The number of anilines is 2. The number of carbonyl (C=O) groups excluding carboxylic acids is 1. The van der Waals surface area contributed by atoms with Gasteiger partial charge >= 0.3 is 0 Å². The number of nitrogens with two attached hydrogens (primary N) is 1. The topological polar surface area (TPSA) is 49.6 Å². The highest BCUT2D eigenvalue weighted by Gasteiger charge is 2.24. The molecule has 0 aliphatic carbocycles. The van der Waals surface area contributed by atoms with E-state index in [1.54, 1.807) is 11.3 Å². The van der Waals surface area contributed by atoms with Crippen LogP contribution in [0, 0.1) is 5.92 Å². The van der Waals surface area contributed by atoms with Crippen molar-refractivity contribution < 1.29 is 4.79 Å². The van der Waals surface area contributed by atoms with Crippen LogP contribution in [-0.2, 0) is 0 Å². The molecule has 2 rings (SSSR count). The molecule has 2 heterocycles. The summed E-state index contributed by atoms with van der Waals surface area (Å²) in [7, 11) is 4.28. The molecular weight excluding hydrogens is 270 g/mol. The summed E-state index contributed by atoms with van der Waals surface area (Å²) in [6, 6.07) is 2.64. The Morgan fingerprint density at radius 1 is 1.40 bits per heavy atom. The Bertz CT molecular complexity index is 473. The predicted octanol–water partition coefficient (Wildman–Crippen LogP) is 2.70. The second-order valence-electron chi connectivity index (χ2n) is 6.07. The van der Waals surface area contributed by atoms with Crippen LogP contribution in [0.1, 0.15) is 36.4 Å². The molecule has 0 atom stereocenters. The van der Waals surface area contributed by atoms with Crippen molar-refractivity contribution in [2.45, 2.75) is 32.7 Å². The van der Waals surface area contributed by atoms with Gasteiger partial charge in [0.05, 0.1) is 15.6 Å². The number of Topliss-reactive ketones (excluding diaryl/α,β-unsaturated/α-hetero) is 1. The Kier molecular flexibility index (Phi) is 4.70. The minimum atomic E-state index is 0.00303. The van der Waals surface area contributed by atoms with Gasteiger partial charge in [0.2, 0.25) is 0 Å². The standard InChI is InChI=1S/C15H25N3OS/c1-10(2)14(19)15-12(16)9-13(20-15)18-7-5-11(6-8-18)17(3)4/h9-11H,5-8,16H2,1-4H3. The molecule has 0 saturated carbocycles. The van der Waals surface area contributed by atoms with Gasteiger partial charge in [0, 0.05) is 25.0 Å². The highest BCUT2D eigenvalue weighted by Crippen LogP contribution is 2.35. The van der Waals surface area contributed by atoms with Crippen LogP contribution in [0.2, 0.25) is 0 Å². The van der Waals surface area contributed by atoms with Crippen LogP contribution in [0.25, 0.3) is 0 Å². The van der Waals surface area contributed by atoms with Gasteiger partial charge in [-0.15, -0.1) is 11.3 Å². The number of hydrogen-bond acceptors (Lipinski definition) is 5. The van der Waals surface area contributed by atoms with Crippen LogP contribution < -0.4 is 10.6 Å². The number of carbonyl (C=O) groups is 1. The third kappa shape index (κ3) is 3.15. The first-order valence-electron chi connectivity index (χ1n) is 7.25. The fourth-order valence-corrected chi connectivity index (χ4v) is 3.82. The van der Waals surface area contributed by atoms with Crippen molar-refractivity contribution in [3.8, 4) is 0 Å². The molecule has 4 nitrogen and oxygen atoms in total. The zero-order chi connectivity index (χ0) is 14.9.